The molecular formula is C20H19Cl3N2O4S. The molecule has 1 atom stereocenters. The first-order valence-electron chi connectivity index (χ1n) is 8.76. The Morgan fingerprint density at radius 1 is 1.00 bits per heavy atom. The summed E-state index contributed by atoms with van der Waals surface area (Å²) in [5, 5.41) is 6.40. The van der Waals surface area contributed by atoms with E-state index in [1.54, 1.807) is 24.3 Å². The normalized spacial score (nSPS) is 11.5. The van der Waals surface area contributed by atoms with E-state index in [2.05, 4.69) is 10.6 Å². The summed E-state index contributed by atoms with van der Waals surface area (Å²) >= 11 is 19.1. The second kappa shape index (κ2) is 12.1. The van der Waals surface area contributed by atoms with Gasteiger partial charge in [-0.05, 0) is 60.9 Å². The van der Waals surface area contributed by atoms with E-state index in [0.717, 1.165) is 0 Å². The average molecular weight is 490 g/mol. The fraction of sp³-hybridized carbons (Fsp3) is 0.250. The van der Waals surface area contributed by atoms with Crippen LogP contribution in [-0.2, 0) is 14.3 Å². The van der Waals surface area contributed by atoms with Crippen LogP contribution < -0.4 is 10.6 Å². The van der Waals surface area contributed by atoms with Crippen LogP contribution in [-0.4, -0.2) is 42.4 Å². The molecule has 0 saturated carbocycles. The van der Waals surface area contributed by atoms with Gasteiger partial charge in [-0.25, -0.2) is 4.79 Å². The molecule has 0 bridgehead atoms. The van der Waals surface area contributed by atoms with Crippen molar-refractivity contribution in [2.45, 2.75) is 12.5 Å². The number of amides is 2. The summed E-state index contributed by atoms with van der Waals surface area (Å²) in [6, 6.07) is 9.93. The third-order valence-corrected chi connectivity index (χ3v) is 5.13. The Labute approximate surface area is 193 Å². The third-order valence-electron chi connectivity index (χ3n) is 3.80. The molecule has 2 aromatic rings. The second-order valence-electron chi connectivity index (χ2n) is 6.13. The van der Waals surface area contributed by atoms with Crippen LogP contribution >= 0.6 is 46.6 Å². The smallest absolute Gasteiger partial charge is 0.329 e. The van der Waals surface area contributed by atoms with E-state index in [-0.39, 0.29) is 0 Å². The maximum atomic E-state index is 12.4. The van der Waals surface area contributed by atoms with Crippen LogP contribution in [0.15, 0.2) is 42.5 Å². The quantitative estimate of drug-likeness (QED) is 0.500. The van der Waals surface area contributed by atoms with Gasteiger partial charge in [-0.3, -0.25) is 9.59 Å². The van der Waals surface area contributed by atoms with E-state index in [1.807, 2.05) is 6.26 Å². The first-order chi connectivity index (χ1) is 14.3. The van der Waals surface area contributed by atoms with E-state index < -0.39 is 30.4 Å². The molecule has 0 heterocycles. The van der Waals surface area contributed by atoms with Gasteiger partial charge in [-0.15, -0.1) is 0 Å². The zero-order chi connectivity index (χ0) is 22.1. The Morgan fingerprint density at radius 2 is 1.63 bits per heavy atom. The molecule has 0 saturated heterocycles. The number of hydrogen-bond acceptors (Lipinski definition) is 5. The topological polar surface area (TPSA) is 84.5 Å². The van der Waals surface area contributed by atoms with Gasteiger partial charge in [0.25, 0.3) is 11.8 Å². The lowest BCUT2D eigenvalue weighted by Crippen LogP contribution is -2.43. The number of nitrogens with one attached hydrogen (secondary N) is 2. The molecule has 2 amide bonds. The highest BCUT2D eigenvalue weighted by Crippen LogP contribution is 2.22. The number of esters is 1. The number of benzene rings is 2. The molecule has 0 aliphatic carbocycles. The van der Waals surface area contributed by atoms with E-state index in [4.69, 9.17) is 39.5 Å². The first kappa shape index (κ1) is 24.3. The van der Waals surface area contributed by atoms with Gasteiger partial charge in [0.05, 0.1) is 0 Å². The molecule has 2 rings (SSSR count). The number of thioether (sulfide) groups is 1. The van der Waals surface area contributed by atoms with Gasteiger partial charge in [0, 0.05) is 26.3 Å². The molecule has 0 aliphatic heterocycles. The van der Waals surface area contributed by atoms with Crippen LogP contribution in [0.1, 0.15) is 16.8 Å². The van der Waals surface area contributed by atoms with Gasteiger partial charge in [-0.2, -0.15) is 11.8 Å². The van der Waals surface area contributed by atoms with Crippen molar-refractivity contribution in [1.82, 2.24) is 5.32 Å². The molecule has 0 spiro atoms. The average Bonchev–Trinajstić information content (AvgIpc) is 2.68. The molecule has 2 N–H and O–H groups in total. The summed E-state index contributed by atoms with van der Waals surface area (Å²) in [7, 11) is 0. The first-order valence-corrected chi connectivity index (χ1v) is 11.3. The lowest BCUT2D eigenvalue weighted by molar-refractivity contribution is -0.149. The van der Waals surface area contributed by atoms with Crippen LogP contribution in [0.2, 0.25) is 15.1 Å². The Kier molecular flexibility index (Phi) is 9.78. The molecule has 0 radical (unpaired) electrons. The van der Waals surface area contributed by atoms with Crippen molar-refractivity contribution in [1.29, 1.82) is 0 Å². The Bertz CT molecular complexity index is 889. The SMILES string of the molecule is CSCC[C@@H](NC(=O)c1ccc(Cl)cc1)C(=O)OCC(=O)Nc1cc(Cl)cc(Cl)c1. The highest BCUT2D eigenvalue weighted by Gasteiger charge is 2.23. The number of ether oxygens (including phenoxy) is 1. The van der Waals surface area contributed by atoms with Gasteiger partial charge < -0.3 is 15.4 Å². The fourth-order valence-corrected chi connectivity index (χ4v) is 3.51. The summed E-state index contributed by atoms with van der Waals surface area (Å²) in [4.78, 5) is 36.9. The standard InChI is InChI=1S/C20H19Cl3N2O4S/c1-30-7-6-17(25-19(27)12-2-4-13(21)5-3-12)20(28)29-11-18(26)24-16-9-14(22)8-15(23)10-16/h2-5,8-10,17H,6-7,11H2,1H3,(H,24,26)(H,25,27)/t17-/m1/s1. The zero-order valence-corrected chi connectivity index (χ0v) is 19.0. The lowest BCUT2D eigenvalue weighted by Gasteiger charge is -2.17. The Balaban J connectivity index is 1.94. The molecule has 0 unspecified atom stereocenters. The molecule has 30 heavy (non-hydrogen) atoms. The molecule has 160 valence electrons. The maximum Gasteiger partial charge on any atom is 0.329 e. The third kappa shape index (κ3) is 8.07. The minimum atomic E-state index is -0.894. The second-order valence-corrected chi connectivity index (χ2v) is 8.42. The maximum absolute atomic E-state index is 12.4. The molecular weight excluding hydrogens is 471 g/mol. The van der Waals surface area contributed by atoms with Gasteiger partial charge >= 0.3 is 5.97 Å². The molecule has 2 aromatic carbocycles. The minimum Gasteiger partial charge on any atom is -0.454 e. The molecule has 0 fully saturated rings. The number of carbonyl (C=O) groups excluding carboxylic acids is 3. The summed E-state index contributed by atoms with van der Waals surface area (Å²) in [5.41, 5.74) is 0.737. The zero-order valence-electron chi connectivity index (χ0n) is 15.9. The molecule has 10 heteroatoms. The van der Waals surface area contributed by atoms with Crippen molar-refractivity contribution in [3.63, 3.8) is 0 Å². The molecule has 0 aromatic heterocycles. The van der Waals surface area contributed by atoms with Gasteiger partial charge in [0.2, 0.25) is 0 Å². The van der Waals surface area contributed by atoms with Crippen LogP contribution in [0.3, 0.4) is 0 Å². The van der Waals surface area contributed by atoms with Gasteiger partial charge in [-0.1, -0.05) is 34.8 Å². The van der Waals surface area contributed by atoms with Crippen LogP contribution in [0.5, 0.6) is 0 Å². The number of halogens is 3. The summed E-state index contributed by atoms with van der Waals surface area (Å²) in [6.45, 7) is -0.518. The number of anilines is 1. The number of rotatable bonds is 9. The molecule has 0 aliphatic rings. The number of carbonyl (C=O) groups is 3. The van der Waals surface area contributed by atoms with Crippen LogP contribution in [0.4, 0.5) is 5.69 Å². The summed E-state index contributed by atoms with van der Waals surface area (Å²) in [5.74, 6) is -1.08. The van der Waals surface area contributed by atoms with E-state index >= 15 is 0 Å². The monoisotopic (exact) mass is 488 g/mol. The van der Waals surface area contributed by atoms with E-state index in [9.17, 15) is 14.4 Å². The Morgan fingerprint density at radius 3 is 2.23 bits per heavy atom. The molecule has 6 nitrogen and oxygen atoms in total. The van der Waals surface area contributed by atoms with Crippen molar-refractivity contribution in [2.75, 3.05) is 23.9 Å². The highest BCUT2D eigenvalue weighted by atomic mass is 35.5. The van der Waals surface area contributed by atoms with Crippen LogP contribution in [0, 0.1) is 0 Å². The largest absolute Gasteiger partial charge is 0.454 e. The van der Waals surface area contributed by atoms with Crippen LogP contribution in [0.25, 0.3) is 0 Å². The highest BCUT2D eigenvalue weighted by molar-refractivity contribution is 7.98. The van der Waals surface area contributed by atoms with Gasteiger partial charge in [0.15, 0.2) is 6.61 Å². The van der Waals surface area contributed by atoms with E-state index in [0.29, 0.717) is 38.5 Å². The minimum absolute atomic E-state index is 0.352. The fourth-order valence-electron chi connectivity index (χ4n) is 2.39. The Hall–Kier alpha value is -1.93. The van der Waals surface area contributed by atoms with Crippen molar-refractivity contribution in [3.8, 4) is 0 Å². The summed E-state index contributed by atoms with van der Waals surface area (Å²) in [6.07, 6.45) is 2.23. The summed E-state index contributed by atoms with van der Waals surface area (Å²) < 4.78 is 5.09. The van der Waals surface area contributed by atoms with Crippen molar-refractivity contribution in [2.24, 2.45) is 0 Å². The lowest BCUT2D eigenvalue weighted by atomic mass is 10.1. The number of hydrogen-bond donors (Lipinski definition) is 2. The van der Waals surface area contributed by atoms with Crippen molar-refractivity contribution >= 4 is 70.0 Å². The van der Waals surface area contributed by atoms with E-state index in [1.165, 1.54) is 30.0 Å². The van der Waals surface area contributed by atoms with Crippen molar-refractivity contribution < 1.29 is 19.1 Å². The predicted octanol–water partition coefficient (Wildman–Crippen LogP) is 4.68. The predicted molar refractivity (Wildman–Crippen MR) is 122 cm³/mol. The van der Waals surface area contributed by atoms with Gasteiger partial charge in [0.1, 0.15) is 6.04 Å². The van der Waals surface area contributed by atoms with Crippen molar-refractivity contribution in [3.05, 3.63) is 63.1 Å².